The van der Waals surface area contributed by atoms with Crippen LogP contribution in [-0.4, -0.2) is 20.9 Å². The summed E-state index contributed by atoms with van der Waals surface area (Å²) in [5.74, 6) is 0. The van der Waals surface area contributed by atoms with Gasteiger partial charge in [-0.15, -0.1) is 0 Å². The van der Waals surface area contributed by atoms with Crippen molar-refractivity contribution in [3.63, 3.8) is 0 Å². The van der Waals surface area contributed by atoms with E-state index >= 15 is 0 Å². The van der Waals surface area contributed by atoms with Gasteiger partial charge in [-0.05, 0) is 0 Å². The first-order chi connectivity index (χ1) is 3.81. The summed E-state index contributed by atoms with van der Waals surface area (Å²) in [6.45, 7) is 2.25. The lowest BCUT2D eigenvalue weighted by atomic mass is 10.1. The van der Waals surface area contributed by atoms with Crippen LogP contribution < -0.4 is 0 Å². The maximum atomic E-state index is 10.2. The molecule has 0 saturated heterocycles. The smallest absolute Gasteiger partial charge is 0.240 e. The van der Waals surface area contributed by atoms with Crippen LogP contribution in [0.2, 0.25) is 0 Å². The van der Waals surface area contributed by atoms with Gasteiger partial charge in [-0.25, -0.2) is 0 Å². The van der Waals surface area contributed by atoms with Crippen molar-refractivity contribution in [3.8, 4) is 6.07 Å². The Morgan fingerprint density at radius 1 is 1.56 bits per heavy atom. The van der Waals surface area contributed by atoms with E-state index in [1.54, 1.807) is 0 Å². The first-order valence-electron chi connectivity index (χ1n) is 2.28. The van der Waals surface area contributed by atoms with Crippen LogP contribution in [0.5, 0.6) is 0 Å². The average molecular weight is 132 g/mol. The van der Waals surface area contributed by atoms with E-state index in [2.05, 4.69) is 0 Å². The van der Waals surface area contributed by atoms with Crippen molar-refractivity contribution < 1.29 is 15.4 Å². The molecule has 0 radical (unpaired) electrons. The molecule has 0 aliphatic carbocycles. The maximum Gasteiger partial charge on any atom is 0.240 e. The molecule has 0 unspecified atom stereocenters. The van der Waals surface area contributed by atoms with Gasteiger partial charge in [0.05, 0.1) is 0 Å². The third kappa shape index (κ3) is 1.62. The molecule has 0 rings (SSSR count). The highest BCUT2D eigenvalue weighted by Gasteiger charge is 2.36. The van der Waals surface area contributed by atoms with Crippen LogP contribution in [0.1, 0.15) is 13.8 Å². The lowest BCUT2D eigenvalue weighted by molar-refractivity contribution is -1.24. The first-order valence-corrected chi connectivity index (χ1v) is 2.28. The summed E-state index contributed by atoms with van der Waals surface area (Å²) in [7, 11) is 0. The predicted octanol–water partition coefficient (Wildman–Crippen LogP) is 0.382. The molecule has 5 nitrogen and oxygen atoms in total. The molecule has 0 aromatic carbocycles. The van der Waals surface area contributed by atoms with Gasteiger partial charge >= 0.3 is 0 Å². The fourth-order valence-corrected chi connectivity index (χ4v) is 0.0651. The van der Waals surface area contributed by atoms with Gasteiger partial charge < -0.3 is 5.21 Å². The lowest BCUT2D eigenvalue weighted by Crippen LogP contribution is -2.51. The second kappa shape index (κ2) is 1.93. The molecule has 0 aliphatic rings. The molecule has 0 amide bonds. The highest BCUT2D eigenvalue weighted by molar-refractivity contribution is 4.92. The van der Waals surface area contributed by atoms with E-state index in [0.717, 1.165) is 13.8 Å². The van der Waals surface area contributed by atoms with Crippen molar-refractivity contribution in [3.05, 3.63) is 5.21 Å². The van der Waals surface area contributed by atoms with Crippen molar-refractivity contribution in [1.82, 2.24) is 0 Å². The van der Waals surface area contributed by atoms with Crippen LogP contribution in [0, 0.1) is 16.5 Å². The third-order valence-electron chi connectivity index (χ3n) is 1.00. The van der Waals surface area contributed by atoms with E-state index in [1.165, 1.54) is 6.07 Å². The van der Waals surface area contributed by atoms with E-state index in [-0.39, 0.29) is 0 Å². The number of nitriles is 1. The minimum atomic E-state index is -2.57. The third-order valence-corrected chi connectivity index (χ3v) is 1.00. The van der Waals surface area contributed by atoms with E-state index in [0.29, 0.717) is 0 Å². The summed E-state index contributed by atoms with van der Waals surface area (Å²) in [4.78, 5) is -2.57. The quantitative estimate of drug-likeness (QED) is 0.399. The molecule has 2 N–H and O–H groups in total. The minimum Gasteiger partial charge on any atom is -0.563 e. The van der Waals surface area contributed by atoms with Gasteiger partial charge in [-0.2, -0.15) is 15.7 Å². The fourth-order valence-electron chi connectivity index (χ4n) is 0.0651. The monoisotopic (exact) mass is 132 g/mol. The summed E-state index contributed by atoms with van der Waals surface area (Å²) in [6, 6.07) is 1.44. The SMILES string of the molecule is CC(C)(C#N)[N+]([O-])(O)O. The number of rotatable bonds is 1. The Kier molecular flexibility index (Phi) is 1.79. The molecule has 0 aromatic heterocycles. The molecule has 0 aromatic rings. The summed E-state index contributed by atoms with van der Waals surface area (Å²) in [6.07, 6.45) is 0. The first kappa shape index (κ1) is 8.33. The molecule has 0 heterocycles. The van der Waals surface area contributed by atoms with E-state index < -0.39 is 10.5 Å². The molecule has 0 aliphatic heterocycles. The zero-order chi connectivity index (χ0) is 7.71. The molecular formula is C4H8N2O3. The normalized spacial score (nSPS) is 12.9. The summed E-state index contributed by atoms with van der Waals surface area (Å²) in [5.41, 5.74) is -1.72. The summed E-state index contributed by atoms with van der Waals surface area (Å²) >= 11 is 0. The Hall–Kier alpha value is -0.670. The Morgan fingerprint density at radius 2 is 1.89 bits per heavy atom. The van der Waals surface area contributed by atoms with Gasteiger partial charge in [0, 0.05) is 13.8 Å². The zero-order valence-electron chi connectivity index (χ0n) is 5.20. The maximum absolute atomic E-state index is 10.2. The Balaban J connectivity index is 4.39. The molecular weight excluding hydrogens is 124 g/mol. The number of quaternary nitrogens is 1. The fraction of sp³-hybridized carbons (Fsp3) is 0.750. The molecule has 0 atom stereocenters. The molecule has 9 heavy (non-hydrogen) atoms. The van der Waals surface area contributed by atoms with Gasteiger partial charge in [0.2, 0.25) is 5.54 Å². The standard InChI is InChI=1S/C4H8N2O3/c1-4(2,3-5)6(7,8)9/h7-8H,1-2H3. The molecule has 52 valence electrons. The van der Waals surface area contributed by atoms with Crippen molar-refractivity contribution in [2.75, 3.05) is 0 Å². The van der Waals surface area contributed by atoms with Crippen LogP contribution in [0.25, 0.3) is 0 Å². The Labute approximate surface area is 52.4 Å². The van der Waals surface area contributed by atoms with Crippen LogP contribution >= 0.6 is 0 Å². The number of hydrogen-bond donors (Lipinski definition) is 2. The molecule has 0 bridgehead atoms. The van der Waals surface area contributed by atoms with Gasteiger partial charge in [0.1, 0.15) is 6.07 Å². The van der Waals surface area contributed by atoms with E-state index in [9.17, 15) is 5.21 Å². The average Bonchev–Trinajstić information content (AvgIpc) is 1.64. The van der Waals surface area contributed by atoms with E-state index in [4.69, 9.17) is 15.7 Å². The van der Waals surface area contributed by atoms with E-state index in [1.807, 2.05) is 0 Å². The molecule has 5 heteroatoms. The Bertz CT molecular complexity index is 141. The molecule has 0 spiro atoms. The highest BCUT2D eigenvalue weighted by Crippen LogP contribution is 2.15. The van der Waals surface area contributed by atoms with Gasteiger partial charge in [-0.3, -0.25) is 0 Å². The number of hydroxylamine groups is 3. The molecule has 0 fully saturated rings. The summed E-state index contributed by atoms with van der Waals surface area (Å²) < 4.78 is 0. The topological polar surface area (TPSA) is 87.3 Å². The molecule has 0 saturated carbocycles. The van der Waals surface area contributed by atoms with Crippen molar-refractivity contribution >= 4 is 0 Å². The number of hydrogen-bond acceptors (Lipinski definition) is 4. The predicted molar refractivity (Wildman–Crippen MR) is 26.9 cm³/mol. The highest BCUT2D eigenvalue weighted by atomic mass is 17.1. The van der Waals surface area contributed by atoms with Gasteiger partial charge in [-0.1, -0.05) is 4.97 Å². The number of nitrogens with zero attached hydrogens (tertiary/aromatic N) is 2. The minimum absolute atomic E-state index is 1.12. The van der Waals surface area contributed by atoms with Crippen LogP contribution in [0.4, 0.5) is 0 Å². The second-order valence-corrected chi connectivity index (χ2v) is 2.21. The van der Waals surface area contributed by atoms with Crippen molar-refractivity contribution in [1.29, 1.82) is 5.26 Å². The Morgan fingerprint density at radius 3 is 1.89 bits per heavy atom. The van der Waals surface area contributed by atoms with Crippen LogP contribution in [0.15, 0.2) is 0 Å². The van der Waals surface area contributed by atoms with Crippen molar-refractivity contribution in [2.45, 2.75) is 19.4 Å². The zero-order valence-corrected chi connectivity index (χ0v) is 5.20. The van der Waals surface area contributed by atoms with Crippen LogP contribution in [-0.2, 0) is 0 Å². The van der Waals surface area contributed by atoms with Gasteiger partial charge in [0.15, 0.2) is 0 Å². The van der Waals surface area contributed by atoms with Crippen molar-refractivity contribution in [2.24, 2.45) is 0 Å². The lowest BCUT2D eigenvalue weighted by Gasteiger charge is -2.33. The van der Waals surface area contributed by atoms with Crippen LogP contribution in [0.3, 0.4) is 0 Å². The van der Waals surface area contributed by atoms with Gasteiger partial charge in [0.25, 0.3) is 0 Å². The second-order valence-electron chi connectivity index (χ2n) is 2.21. The summed E-state index contributed by atoms with van der Waals surface area (Å²) in [5, 5.41) is 34.8. The largest absolute Gasteiger partial charge is 0.563 e.